The third kappa shape index (κ3) is 1.45. The van der Waals surface area contributed by atoms with Crippen molar-refractivity contribution in [3.8, 4) is 11.3 Å². The van der Waals surface area contributed by atoms with Crippen LogP contribution in [0.2, 0.25) is 0 Å². The molecule has 2 nitrogen and oxygen atoms in total. The second kappa shape index (κ2) is 3.45. The van der Waals surface area contributed by atoms with Crippen LogP contribution in [0.25, 0.3) is 22.3 Å². The van der Waals surface area contributed by atoms with Crippen LogP contribution in [0.4, 0.5) is 0 Å². The molecule has 1 aromatic rings. The minimum Gasteiger partial charge on any atom is -0.456 e. The zero-order valence-corrected chi connectivity index (χ0v) is 9.78. The molecule has 0 saturated heterocycles. The van der Waals surface area contributed by atoms with Gasteiger partial charge in [-0.2, -0.15) is 0 Å². The van der Waals surface area contributed by atoms with Gasteiger partial charge in [0, 0.05) is 22.6 Å². The monoisotopic (exact) mass is 224 g/mol. The topological polar surface area (TPSA) is 30.2 Å². The summed E-state index contributed by atoms with van der Waals surface area (Å²) in [5.74, 6) is 0.664. The average Bonchev–Trinajstić information content (AvgIpc) is 2.34. The van der Waals surface area contributed by atoms with Crippen molar-refractivity contribution in [1.29, 1.82) is 0 Å². The fourth-order valence-corrected chi connectivity index (χ4v) is 2.11. The number of hydrogen-bond donors (Lipinski definition) is 0. The van der Waals surface area contributed by atoms with Gasteiger partial charge in [-0.3, -0.25) is 4.79 Å². The summed E-state index contributed by atoms with van der Waals surface area (Å²) in [6.07, 6.45) is 0. The molecule has 0 aromatic heterocycles. The van der Waals surface area contributed by atoms with Crippen molar-refractivity contribution >= 4 is 11.0 Å². The molecule has 1 aromatic carbocycles. The van der Waals surface area contributed by atoms with E-state index in [1.54, 1.807) is 6.07 Å². The maximum Gasteiger partial charge on any atom is 0.185 e. The summed E-state index contributed by atoms with van der Waals surface area (Å²) in [5.41, 5.74) is 3.66. The molecule has 0 spiro atoms. The van der Waals surface area contributed by atoms with Gasteiger partial charge < -0.3 is 4.42 Å². The third-order valence-corrected chi connectivity index (χ3v) is 3.30. The first-order chi connectivity index (χ1) is 8.16. The normalized spacial score (nSPS) is 11.2. The molecule has 1 aliphatic heterocycles. The molecule has 3 rings (SSSR count). The molecular weight excluding hydrogens is 212 g/mol. The van der Waals surface area contributed by atoms with Crippen LogP contribution in [0.3, 0.4) is 0 Å². The Hall–Kier alpha value is -2.09. The minimum absolute atomic E-state index is 0.0361. The lowest BCUT2D eigenvalue weighted by molar-refractivity contribution is 0.618. The molecule has 0 unspecified atom stereocenters. The predicted octanol–water partition coefficient (Wildman–Crippen LogP) is 3.51. The summed E-state index contributed by atoms with van der Waals surface area (Å²) in [4.78, 5) is 11.7. The van der Waals surface area contributed by atoms with Crippen LogP contribution in [0.5, 0.6) is 0 Å². The Morgan fingerprint density at radius 1 is 1.00 bits per heavy atom. The van der Waals surface area contributed by atoms with Gasteiger partial charge >= 0.3 is 0 Å². The molecule has 1 heterocycles. The first kappa shape index (κ1) is 10.1. The summed E-state index contributed by atoms with van der Waals surface area (Å²) < 4.78 is 5.76. The smallest absolute Gasteiger partial charge is 0.185 e. The first-order valence-electron chi connectivity index (χ1n) is 5.59. The second-order valence-electron chi connectivity index (χ2n) is 4.32. The van der Waals surface area contributed by atoms with Crippen molar-refractivity contribution < 1.29 is 4.42 Å². The fraction of sp³-hybridized carbons (Fsp3) is 0.133. The summed E-state index contributed by atoms with van der Waals surface area (Å²) in [7, 11) is 0. The molecule has 2 heteroatoms. The number of rotatable bonds is 0. The molecule has 0 radical (unpaired) electrons. The van der Waals surface area contributed by atoms with Gasteiger partial charge in [-0.05, 0) is 31.5 Å². The van der Waals surface area contributed by atoms with E-state index in [2.05, 4.69) is 6.07 Å². The summed E-state index contributed by atoms with van der Waals surface area (Å²) in [6.45, 7) is 3.82. The summed E-state index contributed by atoms with van der Waals surface area (Å²) in [5, 5.41) is 1.06. The molecule has 1 aliphatic carbocycles. The maximum atomic E-state index is 11.7. The fourth-order valence-electron chi connectivity index (χ4n) is 2.11. The SMILES string of the molecule is Cc1c2cc3ccccc3oc-2cc(=O)c1C. The van der Waals surface area contributed by atoms with Crippen molar-refractivity contribution in [2.75, 3.05) is 0 Å². The van der Waals surface area contributed by atoms with Crippen LogP contribution in [-0.2, 0) is 0 Å². The quantitative estimate of drug-likeness (QED) is 0.547. The first-order valence-corrected chi connectivity index (χ1v) is 5.59. The van der Waals surface area contributed by atoms with Gasteiger partial charge in [0.1, 0.15) is 11.3 Å². The van der Waals surface area contributed by atoms with Crippen molar-refractivity contribution in [3.05, 3.63) is 57.7 Å². The Kier molecular flexibility index (Phi) is 2.05. The van der Waals surface area contributed by atoms with Gasteiger partial charge in [0.15, 0.2) is 5.43 Å². The molecule has 0 fully saturated rings. The second-order valence-corrected chi connectivity index (χ2v) is 4.32. The lowest BCUT2D eigenvalue weighted by Gasteiger charge is -2.11. The third-order valence-electron chi connectivity index (χ3n) is 3.30. The predicted molar refractivity (Wildman–Crippen MR) is 68.6 cm³/mol. The number of benzene rings is 2. The van der Waals surface area contributed by atoms with Crippen LogP contribution in [0.15, 0.2) is 45.6 Å². The number of hydrogen-bond acceptors (Lipinski definition) is 2. The standard InChI is InChI=1S/C15H12O2/c1-9-10(2)13(16)8-15-12(9)7-11-5-3-4-6-14(11)17-15/h3-8H,1-2H3. The molecule has 2 aliphatic rings. The summed E-state index contributed by atoms with van der Waals surface area (Å²) >= 11 is 0. The minimum atomic E-state index is 0.0361. The van der Waals surface area contributed by atoms with E-state index < -0.39 is 0 Å². The Bertz CT molecular complexity index is 738. The molecule has 84 valence electrons. The van der Waals surface area contributed by atoms with E-state index in [1.807, 2.05) is 38.1 Å². The maximum absolute atomic E-state index is 11.7. The highest BCUT2D eigenvalue weighted by Gasteiger charge is 2.13. The van der Waals surface area contributed by atoms with Gasteiger partial charge in [-0.25, -0.2) is 0 Å². The average molecular weight is 224 g/mol. The Balaban J connectivity index is 2.53. The van der Waals surface area contributed by atoms with Gasteiger partial charge in [0.25, 0.3) is 0 Å². The van der Waals surface area contributed by atoms with Crippen molar-refractivity contribution in [3.63, 3.8) is 0 Å². The van der Waals surface area contributed by atoms with E-state index in [4.69, 9.17) is 4.42 Å². The van der Waals surface area contributed by atoms with E-state index in [0.717, 1.165) is 27.7 Å². The number of fused-ring (bicyclic) bond motifs is 2. The molecule has 0 amide bonds. The van der Waals surface area contributed by atoms with Crippen LogP contribution in [-0.4, -0.2) is 0 Å². The van der Waals surface area contributed by atoms with Crippen LogP contribution in [0, 0.1) is 13.8 Å². The van der Waals surface area contributed by atoms with E-state index in [9.17, 15) is 4.79 Å². The zero-order chi connectivity index (χ0) is 12.0. The summed E-state index contributed by atoms with van der Waals surface area (Å²) in [6, 6.07) is 11.5. The zero-order valence-electron chi connectivity index (χ0n) is 9.78. The molecule has 17 heavy (non-hydrogen) atoms. The van der Waals surface area contributed by atoms with Gasteiger partial charge in [-0.15, -0.1) is 0 Å². The van der Waals surface area contributed by atoms with Crippen LogP contribution in [0.1, 0.15) is 11.1 Å². The van der Waals surface area contributed by atoms with E-state index in [-0.39, 0.29) is 5.43 Å². The Morgan fingerprint density at radius 2 is 1.76 bits per heavy atom. The van der Waals surface area contributed by atoms with Gasteiger partial charge in [-0.1, -0.05) is 18.2 Å². The van der Waals surface area contributed by atoms with E-state index in [0.29, 0.717) is 5.76 Å². The van der Waals surface area contributed by atoms with E-state index in [1.165, 1.54) is 0 Å². The number of para-hydroxylation sites is 1. The highest BCUT2D eigenvalue weighted by atomic mass is 16.3. The lowest BCUT2D eigenvalue weighted by atomic mass is 9.98. The van der Waals surface area contributed by atoms with Gasteiger partial charge in [0.2, 0.25) is 0 Å². The lowest BCUT2D eigenvalue weighted by Crippen LogP contribution is -2.07. The van der Waals surface area contributed by atoms with E-state index >= 15 is 0 Å². The van der Waals surface area contributed by atoms with Crippen LogP contribution < -0.4 is 5.43 Å². The molecule has 0 atom stereocenters. The van der Waals surface area contributed by atoms with Crippen LogP contribution >= 0.6 is 0 Å². The molecular formula is C15H12O2. The molecule has 0 bridgehead atoms. The Labute approximate surface area is 98.8 Å². The van der Waals surface area contributed by atoms with Gasteiger partial charge in [0.05, 0.1) is 0 Å². The highest BCUT2D eigenvalue weighted by Crippen LogP contribution is 2.30. The largest absolute Gasteiger partial charge is 0.456 e. The highest BCUT2D eigenvalue weighted by molar-refractivity contribution is 5.84. The van der Waals surface area contributed by atoms with Crippen molar-refractivity contribution in [1.82, 2.24) is 0 Å². The van der Waals surface area contributed by atoms with Crippen molar-refractivity contribution in [2.45, 2.75) is 13.8 Å². The molecule has 0 saturated carbocycles. The van der Waals surface area contributed by atoms with Crippen molar-refractivity contribution in [2.24, 2.45) is 0 Å². The molecule has 0 N–H and O–H groups in total. The Morgan fingerprint density at radius 3 is 2.59 bits per heavy atom.